The number of rotatable bonds is 3. The Labute approximate surface area is 105 Å². The van der Waals surface area contributed by atoms with Crippen LogP contribution in [0.15, 0.2) is 24.3 Å². The Morgan fingerprint density at radius 3 is 3.00 bits per heavy atom. The van der Waals surface area contributed by atoms with Gasteiger partial charge in [-0.25, -0.2) is 0 Å². The van der Waals surface area contributed by atoms with Crippen LogP contribution in [0.3, 0.4) is 0 Å². The highest BCUT2D eigenvalue weighted by Crippen LogP contribution is 2.22. The fourth-order valence-electron chi connectivity index (χ4n) is 2.72. The number of nitrogens with zero attached hydrogens (tertiary/aromatic N) is 1. The lowest BCUT2D eigenvalue weighted by molar-refractivity contribution is 0.339. The summed E-state index contributed by atoms with van der Waals surface area (Å²) < 4.78 is 0. The summed E-state index contributed by atoms with van der Waals surface area (Å²) in [5, 5.41) is 0. The van der Waals surface area contributed by atoms with Crippen LogP contribution in [0.1, 0.15) is 31.2 Å². The minimum absolute atomic E-state index is 0.892. The molecule has 1 aromatic carbocycles. The van der Waals surface area contributed by atoms with Crippen LogP contribution in [0.2, 0.25) is 0 Å². The fourth-order valence-corrected chi connectivity index (χ4v) is 2.72. The molecule has 1 aromatic rings. The van der Waals surface area contributed by atoms with E-state index in [2.05, 4.69) is 30.1 Å². The van der Waals surface area contributed by atoms with Gasteiger partial charge in [0.2, 0.25) is 0 Å². The van der Waals surface area contributed by atoms with Crippen molar-refractivity contribution in [2.75, 3.05) is 25.9 Å². The highest BCUT2D eigenvalue weighted by molar-refractivity contribution is 5.40. The minimum Gasteiger partial charge on any atom is -0.399 e. The molecule has 0 radical (unpaired) electrons. The fraction of sp³-hybridized carbons (Fsp3) is 0.600. The van der Waals surface area contributed by atoms with E-state index in [1.54, 1.807) is 0 Å². The zero-order valence-corrected chi connectivity index (χ0v) is 10.9. The Balaban J connectivity index is 1.81. The Bertz CT molecular complexity index is 349. The van der Waals surface area contributed by atoms with Crippen molar-refractivity contribution in [3.63, 3.8) is 0 Å². The van der Waals surface area contributed by atoms with E-state index in [1.165, 1.54) is 50.8 Å². The van der Waals surface area contributed by atoms with E-state index in [9.17, 15) is 0 Å². The first-order valence-electron chi connectivity index (χ1n) is 6.77. The van der Waals surface area contributed by atoms with Crippen molar-refractivity contribution in [1.82, 2.24) is 4.90 Å². The molecule has 17 heavy (non-hydrogen) atoms. The van der Waals surface area contributed by atoms with Gasteiger partial charge < -0.3 is 10.6 Å². The normalized spacial score (nSPS) is 22.3. The summed E-state index contributed by atoms with van der Waals surface area (Å²) >= 11 is 0. The summed E-state index contributed by atoms with van der Waals surface area (Å²) in [5.41, 5.74) is 8.09. The van der Waals surface area contributed by atoms with Gasteiger partial charge in [0, 0.05) is 5.69 Å². The lowest BCUT2D eigenvalue weighted by atomic mass is 9.93. The molecule has 1 heterocycles. The van der Waals surface area contributed by atoms with Crippen molar-refractivity contribution in [3.05, 3.63) is 29.8 Å². The standard InChI is InChI=1S/C15H24N2/c1-17-10-3-5-13(9-11-17)7-8-14-4-2-6-15(16)12-14/h2,4,6,12-13H,3,5,7-11,16H2,1H3. The van der Waals surface area contributed by atoms with Crippen molar-refractivity contribution < 1.29 is 0 Å². The third-order valence-electron chi connectivity index (χ3n) is 3.86. The quantitative estimate of drug-likeness (QED) is 0.812. The summed E-state index contributed by atoms with van der Waals surface area (Å²) in [6.07, 6.45) is 6.61. The predicted molar refractivity (Wildman–Crippen MR) is 74.0 cm³/mol. The first-order valence-corrected chi connectivity index (χ1v) is 6.77. The number of likely N-dealkylation sites (tertiary alicyclic amines) is 1. The Morgan fingerprint density at radius 1 is 1.29 bits per heavy atom. The lowest BCUT2D eigenvalue weighted by Crippen LogP contribution is -2.18. The zero-order valence-electron chi connectivity index (χ0n) is 10.9. The third kappa shape index (κ3) is 4.04. The average molecular weight is 232 g/mol. The molecule has 0 aromatic heterocycles. The highest BCUT2D eigenvalue weighted by atomic mass is 15.1. The Morgan fingerprint density at radius 2 is 2.18 bits per heavy atom. The van der Waals surface area contributed by atoms with Crippen molar-refractivity contribution in [3.8, 4) is 0 Å². The molecule has 0 aliphatic carbocycles. The predicted octanol–water partition coefficient (Wildman–Crippen LogP) is 2.93. The molecule has 1 atom stereocenters. The molecule has 0 bridgehead atoms. The molecule has 2 heteroatoms. The second-order valence-electron chi connectivity index (χ2n) is 5.38. The summed E-state index contributed by atoms with van der Waals surface area (Å²) in [4.78, 5) is 2.46. The van der Waals surface area contributed by atoms with Gasteiger partial charge in [-0.15, -0.1) is 0 Å². The SMILES string of the molecule is CN1CCCC(CCc2cccc(N)c2)CC1. The number of benzene rings is 1. The van der Waals surface area contributed by atoms with Crippen LogP contribution < -0.4 is 5.73 Å². The number of hydrogen-bond donors (Lipinski definition) is 1. The molecular formula is C15H24N2. The number of nitrogen functional groups attached to an aromatic ring is 1. The number of aryl methyl sites for hydroxylation is 1. The topological polar surface area (TPSA) is 29.3 Å². The summed E-state index contributed by atoms with van der Waals surface area (Å²) in [7, 11) is 2.24. The van der Waals surface area contributed by atoms with Gasteiger partial charge in [-0.3, -0.25) is 0 Å². The van der Waals surface area contributed by atoms with Crippen molar-refractivity contribution in [2.45, 2.75) is 32.1 Å². The molecule has 1 saturated heterocycles. The molecule has 1 aliphatic heterocycles. The van der Waals surface area contributed by atoms with E-state index in [1.807, 2.05) is 6.07 Å². The van der Waals surface area contributed by atoms with E-state index in [0.717, 1.165) is 11.6 Å². The summed E-state index contributed by atoms with van der Waals surface area (Å²) in [6, 6.07) is 8.33. The highest BCUT2D eigenvalue weighted by Gasteiger charge is 2.14. The van der Waals surface area contributed by atoms with Gasteiger partial charge in [0.05, 0.1) is 0 Å². The Kier molecular flexibility index (Phi) is 4.43. The van der Waals surface area contributed by atoms with Crippen LogP contribution in [0, 0.1) is 5.92 Å². The van der Waals surface area contributed by atoms with E-state index in [0.29, 0.717) is 0 Å². The first-order chi connectivity index (χ1) is 8.24. The summed E-state index contributed by atoms with van der Waals surface area (Å²) in [5.74, 6) is 0.904. The minimum atomic E-state index is 0.892. The zero-order chi connectivity index (χ0) is 12.1. The molecule has 1 fully saturated rings. The average Bonchev–Trinajstić information content (AvgIpc) is 2.52. The van der Waals surface area contributed by atoms with E-state index in [-0.39, 0.29) is 0 Å². The van der Waals surface area contributed by atoms with Crippen LogP contribution in [-0.4, -0.2) is 25.0 Å². The molecule has 1 aliphatic rings. The molecule has 2 rings (SSSR count). The summed E-state index contributed by atoms with van der Waals surface area (Å²) in [6.45, 7) is 2.54. The van der Waals surface area contributed by atoms with Gasteiger partial charge >= 0.3 is 0 Å². The van der Waals surface area contributed by atoms with Gasteiger partial charge in [-0.2, -0.15) is 0 Å². The largest absolute Gasteiger partial charge is 0.399 e. The maximum atomic E-state index is 5.80. The number of hydrogen-bond acceptors (Lipinski definition) is 2. The number of nitrogens with two attached hydrogens (primary N) is 1. The van der Waals surface area contributed by atoms with Gasteiger partial charge in [-0.1, -0.05) is 12.1 Å². The van der Waals surface area contributed by atoms with E-state index >= 15 is 0 Å². The van der Waals surface area contributed by atoms with Gasteiger partial charge in [0.15, 0.2) is 0 Å². The monoisotopic (exact) mass is 232 g/mol. The van der Waals surface area contributed by atoms with Crippen molar-refractivity contribution in [2.24, 2.45) is 5.92 Å². The molecule has 2 nitrogen and oxygen atoms in total. The molecule has 2 N–H and O–H groups in total. The smallest absolute Gasteiger partial charge is 0.0316 e. The molecule has 0 amide bonds. The molecule has 1 unspecified atom stereocenters. The first kappa shape index (κ1) is 12.4. The van der Waals surface area contributed by atoms with Gasteiger partial charge in [0.25, 0.3) is 0 Å². The molecular weight excluding hydrogens is 208 g/mol. The lowest BCUT2D eigenvalue weighted by Gasteiger charge is -2.14. The Hall–Kier alpha value is -1.02. The second kappa shape index (κ2) is 6.06. The van der Waals surface area contributed by atoms with Gasteiger partial charge in [0.1, 0.15) is 0 Å². The second-order valence-corrected chi connectivity index (χ2v) is 5.38. The van der Waals surface area contributed by atoms with E-state index < -0.39 is 0 Å². The van der Waals surface area contributed by atoms with E-state index in [4.69, 9.17) is 5.73 Å². The van der Waals surface area contributed by atoms with Crippen molar-refractivity contribution in [1.29, 1.82) is 0 Å². The maximum Gasteiger partial charge on any atom is 0.0316 e. The van der Waals surface area contributed by atoms with Crippen LogP contribution in [0.25, 0.3) is 0 Å². The van der Waals surface area contributed by atoms with Crippen LogP contribution >= 0.6 is 0 Å². The molecule has 94 valence electrons. The third-order valence-corrected chi connectivity index (χ3v) is 3.86. The van der Waals surface area contributed by atoms with Crippen molar-refractivity contribution >= 4 is 5.69 Å². The maximum absolute atomic E-state index is 5.80. The van der Waals surface area contributed by atoms with Crippen LogP contribution in [-0.2, 0) is 6.42 Å². The molecule has 0 spiro atoms. The van der Waals surface area contributed by atoms with Gasteiger partial charge in [-0.05, 0) is 75.9 Å². The van der Waals surface area contributed by atoms with Crippen LogP contribution in [0.4, 0.5) is 5.69 Å². The number of anilines is 1. The molecule has 0 saturated carbocycles. The van der Waals surface area contributed by atoms with Crippen LogP contribution in [0.5, 0.6) is 0 Å².